The standard InChI is InChI=1S/C16H30NO3Si.C2F6NO4S2/c1-6-15(2)16-10-9-12-17(14-16)11-7-8-13-21(18-3,19-4)20-5;3-1(4,5)14(10,11)9-15(12,13)2(6,7)8/h9-10,12,14-15H,6-8,11,13H2,1-5H3;/q+1;-1. The molecule has 1 heterocycles. The monoisotopic (exact) mass is 592 g/mol. The molecule has 0 saturated heterocycles. The van der Waals surface area contributed by atoms with Crippen LogP contribution in [0.3, 0.4) is 0 Å². The van der Waals surface area contributed by atoms with Crippen LogP contribution in [0.4, 0.5) is 26.3 Å². The van der Waals surface area contributed by atoms with Crippen LogP contribution in [0, 0.1) is 0 Å². The van der Waals surface area contributed by atoms with Crippen LogP contribution in [-0.2, 0) is 39.9 Å². The molecule has 0 aliphatic rings. The molecule has 0 aliphatic heterocycles. The van der Waals surface area contributed by atoms with E-state index in [0.717, 1.165) is 29.6 Å². The lowest BCUT2D eigenvalue weighted by Gasteiger charge is -2.23. The Morgan fingerprint density at radius 2 is 1.42 bits per heavy atom. The molecule has 0 spiro atoms. The van der Waals surface area contributed by atoms with E-state index in [1.165, 1.54) is 12.0 Å². The van der Waals surface area contributed by atoms with Gasteiger partial charge in [-0.3, -0.25) is 0 Å². The highest BCUT2D eigenvalue weighted by Gasteiger charge is 2.47. The van der Waals surface area contributed by atoms with Gasteiger partial charge in [0.2, 0.25) is 0 Å². The van der Waals surface area contributed by atoms with Crippen molar-refractivity contribution < 1.29 is 61.0 Å². The lowest BCUT2D eigenvalue weighted by atomic mass is 10.0. The second-order valence-corrected chi connectivity index (χ2v) is 13.9. The van der Waals surface area contributed by atoms with Gasteiger partial charge in [0, 0.05) is 45.4 Å². The first-order chi connectivity index (χ1) is 16.3. The van der Waals surface area contributed by atoms with Crippen molar-refractivity contribution in [1.82, 2.24) is 0 Å². The molecule has 0 bridgehead atoms. The number of aryl methyl sites for hydroxylation is 1. The number of unbranched alkanes of at least 4 members (excludes halogenated alkanes) is 1. The van der Waals surface area contributed by atoms with Gasteiger partial charge in [-0.05, 0) is 24.8 Å². The fraction of sp³-hybridized carbons (Fsp3) is 0.722. The molecule has 0 fully saturated rings. The molecular weight excluding hydrogens is 562 g/mol. The Morgan fingerprint density at radius 3 is 1.81 bits per heavy atom. The molecule has 0 N–H and O–H groups in total. The summed E-state index contributed by atoms with van der Waals surface area (Å²) in [4.78, 5) is 0. The first kappa shape index (κ1) is 34.7. The molecule has 18 heteroatoms. The largest absolute Gasteiger partial charge is 0.500 e. The Kier molecular flexibility index (Phi) is 13.5. The van der Waals surface area contributed by atoms with Gasteiger partial charge >= 0.3 is 19.8 Å². The maximum Gasteiger partial charge on any atom is 0.500 e. The predicted molar refractivity (Wildman–Crippen MR) is 119 cm³/mol. The second-order valence-electron chi connectivity index (χ2n) is 7.35. The molecule has 0 aliphatic carbocycles. The lowest BCUT2D eigenvalue weighted by Crippen LogP contribution is -2.42. The second kappa shape index (κ2) is 14.0. The van der Waals surface area contributed by atoms with E-state index in [-0.39, 0.29) is 0 Å². The average molecular weight is 593 g/mol. The Balaban J connectivity index is 0.000000723. The number of nitrogens with zero attached hydrogens (tertiary/aromatic N) is 2. The smallest absolute Gasteiger partial charge is 0.421 e. The third-order valence-electron chi connectivity index (χ3n) is 4.93. The number of alkyl halides is 6. The van der Waals surface area contributed by atoms with Gasteiger partial charge in [0.15, 0.2) is 32.4 Å². The Morgan fingerprint density at radius 1 is 0.944 bits per heavy atom. The SMILES string of the molecule is CCC(C)c1ccc[n+](CCCC[Si](OC)(OC)OC)c1.O=S(=O)([N-]S(=O)(=O)C(F)(F)F)C(F)(F)F. The van der Waals surface area contributed by atoms with Crippen LogP contribution in [0.25, 0.3) is 4.13 Å². The lowest BCUT2D eigenvalue weighted by molar-refractivity contribution is -0.697. The summed E-state index contributed by atoms with van der Waals surface area (Å²) < 4.78 is 128. The van der Waals surface area contributed by atoms with Crippen LogP contribution < -0.4 is 4.57 Å². The summed E-state index contributed by atoms with van der Waals surface area (Å²) in [5, 5.41) is 0. The Hall–Kier alpha value is -1.31. The van der Waals surface area contributed by atoms with E-state index in [2.05, 4.69) is 42.9 Å². The van der Waals surface area contributed by atoms with Gasteiger partial charge in [0.05, 0.1) is 0 Å². The fourth-order valence-electron chi connectivity index (χ4n) is 2.61. The van der Waals surface area contributed by atoms with Crippen molar-refractivity contribution in [3.05, 3.63) is 34.2 Å². The molecule has 1 unspecified atom stereocenters. The van der Waals surface area contributed by atoms with Crippen LogP contribution in [0.5, 0.6) is 0 Å². The van der Waals surface area contributed by atoms with Crippen molar-refractivity contribution >= 4 is 28.9 Å². The van der Waals surface area contributed by atoms with Crippen molar-refractivity contribution in [1.29, 1.82) is 0 Å². The molecule has 1 aromatic rings. The van der Waals surface area contributed by atoms with Crippen LogP contribution in [0.15, 0.2) is 24.5 Å². The van der Waals surface area contributed by atoms with Crippen molar-refractivity contribution in [2.75, 3.05) is 21.3 Å². The van der Waals surface area contributed by atoms with Crippen molar-refractivity contribution in [2.45, 2.75) is 62.6 Å². The van der Waals surface area contributed by atoms with E-state index in [1.54, 1.807) is 21.3 Å². The molecule has 0 aromatic carbocycles. The molecule has 9 nitrogen and oxygen atoms in total. The van der Waals surface area contributed by atoms with E-state index in [9.17, 15) is 43.2 Å². The highest BCUT2D eigenvalue weighted by molar-refractivity contribution is 8.13. The van der Waals surface area contributed by atoms with E-state index >= 15 is 0 Å². The molecule has 0 radical (unpaired) electrons. The first-order valence-corrected chi connectivity index (χ1v) is 15.1. The highest BCUT2D eigenvalue weighted by Crippen LogP contribution is 2.36. The van der Waals surface area contributed by atoms with Gasteiger partial charge in [-0.15, -0.1) is 0 Å². The fourth-order valence-corrected chi connectivity index (χ4v) is 6.12. The molecule has 1 aromatic heterocycles. The zero-order valence-corrected chi connectivity index (χ0v) is 22.9. The molecular formula is C18H30F6N2O7S2Si. The summed E-state index contributed by atoms with van der Waals surface area (Å²) in [6, 6.07) is 5.21. The summed E-state index contributed by atoms with van der Waals surface area (Å²) in [6.07, 6.45) is 7.72. The maximum atomic E-state index is 11.4. The summed E-state index contributed by atoms with van der Waals surface area (Å²) in [5.74, 6) is 0.619. The Labute approximate surface area is 208 Å². The van der Waals surface area contributed by atoms with Crippen LogP contribution in [0.1, 0.15) is 44.6 Å². The number of aromatic nitrogens is 1. The number of hydrogen-bond acceptors (Lipinski definition) is 7. The van der Waals surface area contributed by atoms with Gasteiger partial charge in [0.25, 0.3) is 0 Å². The normalized spacial score (nSPS) is 14.2. The van der Waals surface area contributed by atoms with Gasteiger partial charge < -0.3 is 17.4 Å². The molecule has 36 heavy (non-hydrogen) atoms. The van der Waals surface area contributed by atoms with Crippen LogP contribution >= 0.6 is 0 Å². The first-order valence-electron chi connectivity index (χ1n) is 10.3. The van der Waals surface area contributed by atoms with E-state index in [4.69, 9.17) is 13.3 Å². The van der Waals surface area contributed by atoms with Crippen molar-refractivity contribution in [3.8, 4) is 0 Å². The zero-order chi connectivity index (χ0) is 28.4. The van der Waals surface area contributed by atoms with E-state index in [0.29, 0.717) is 5.92 Å². The molecule has 212 valence electrons. The minimum atomic E-state index is -6.72. The number of hydrogen-bond donors (Lipinski definition) is 0. The summed E-state index contributed by atoms with van der Waals surface area (Å²) in [6.45, 7) is 5.52. The van der Waals surface area contributed by atoms with Crippen LogP contribution in [0.2, 0.25) is 6.04 Å². The quantitative estimate of drug-likeness (QED) is 0.155. The van der Waals surface area contributed by atoms with Crippen LogP contribution in [-0.4, -0.2) is 58.0 Å². The van der Waals surface area contributed by atoms with Gasteiger partial charge in [-0.25, -0.2) is 21.4 Å². The van der Waals surface area contributed by atoms with Crippen molar-refractivity contribution in [3.63, 3.8) is 0 Å². The average Bonchev–Trinajstić information content (AvgIpc) is 2.77. The third kappa shape index (κ3) is 10.6. The highest BCUT2D eigenvalue weighted by atomic mass is 32.3. The maximum absolute atomic E-state index is 11.4. The summed E-state index contributed by atoms with van der Waals surface area (Å²) >= 11 is 0. The minimum Gasteiger partial charge on any atom is -0.421 e. The van der Waals surface area contributed by atoms with Gasteiger partial charge in [-0.1, -0.05) is 13.8 Å². The molecule has 0 amide bonds. The number of rotatable bonds is 12. The molecule has 1 atom stereocenters. The number of pyridine rings is 1. The summed E-state index contributed by atoms with van der Waals surface area (Å²) in [7, 11) is -10.8. The molecule has 0 saturated carbocycles. The van der Waals surface area contributed by atoms with Gasteiger partial charge in [0.1, 0.15) is 6.54 Å². The third-order valence-corrected chi connectivity index (χ3v) is 10.5. The Bertz CT molecular complexity index is 967. The molecule has 1 rings (SSSR count). The zero-order valence-electron chi connectivity index (χ0n) is 20.3. The van der Waals surface area contributed by atoms with E-state index < -0.39 is 39.9 Å². The predicted octanol–water partition coefficient (Wildman–Crippen LogP) is 4.21. The van der Waals surface area contributed by atoms with Gasteiger partial charge in [-0.2, -0.15) is 26.3 Å². The number of sulfonamides is 2. The minimum absolute atomic E-state index is 0.619. The van der Waals surface area contributed by atoms with Crippen molar-refractivity contribution in [2.24, 2.45) is 0 Å². The summed E-state index contributed by atoms with van der Waals surface area (Å²) in [5.41, 5.74) is -11.0. The number of halogens is 6. The topological polar surface area (TPSA) is 114 Å². The van der Waals surface area contributed by atoms with E-state index in [1.807, 2.05) is 0 Å².